The maximum absolute atomic E-state index is 13.2. The molecule has 3 nitrogen and oxygen atoms in total. The van der Waals surface area contributed by atoms with Gasteiger partial charge in [-0.15, -0.1) is 0 Å². The fraction of sp³-hybridized carbons (Fsp3) is 0.500. The van der Waals surface area contributed by atoms with Crippen LogP contribution in [0.3, 0.4) is 0 Å². The number of hydrogen-bond donors (Lipinski definition) is 1. The molecule has 0 bridgehead atoms. The summed E-state index contributed by atoms with van der Waals surface area (Å²) in [6, 6.07) is 4.58. The summed E-state index contributed by atoms with van der Waals surface area (Å²) in [4.78, 5) is 0. The second-order valence-electron chi connectivity index (χ2n) is 3.96. The number of halogens is 1. The zero-order chi connectivity index (χ0) is 11.4. The molecule has 0 amide bonds. The number of ether oxygens (including phenoxy) is 2. The smallest absolute Gasteiger partial charge is 0.127 e. The standard InChI is InChI=1S/C12H16FNO2/c13-10-4-9(7-14)5-12(6-10)16-11-2-1-3-15-8-11/h4-6,11H,1-3,7-8,14H2. The first-order chi connectivity index (χ1) is 7.78. The first kappa shape index (κ1) is 11.4. The highest BCUT2D eigenvalue weighted by atomic mass is 19.1. The van der Waals surface area contributed by atoms with E-state index in [1.807, 2.05) is 0 Å². The van der Waals surface area contributed by atoms with Crippen LogP contribution < -0.4 is 10.5 Å². The summed E-state index contributed by atoms with van der Waals surface area (Å²) in [6.07, 6.45) is 1.97. The summed E-state index contributed by atoms with van der Waals surface area (Å²) in [7, 11) is 0. The summed E-state index contributed by atoms with van der Waals surface area (Å²) >= 11 is 0. The first-order valence-electron chi connectivity index (χ1n) is 5.52. The molecular formula is C12H16FNO2. The van der Waals surface area contributed by atoms with E-state index >= 15 is 0 Å². The Bertz CT molecular complexity index is 351. The second kappa shape index (κ2) is 5.27. The molecule has 1 unspecified atom stereocenters. The third-order valence-electron chi connectivity index (χ3n) is 2.59. The summed E-state index contributed by atoms with van der Waals surface area (Å²) in [6.45, 7) is 1.68. The molecule has 1 fully saturated rings. The van der Waals surface area contributed by atoms with Gasteiger partial charge in [0.05, 0.1) is 6.61 Å². The lowest BCUT2D eigenvalue weighted by Crippen LogP contribution is -2.28. The van der Waals surface area contributed by atoms with Crippen LogP contribution in [0.5, 0.6) is 5.75 Å². The van der Waals surface area contributed by atoms with Gasteiger partial charge >= 0.3 is 0 Å². The van der Waals surface area contributed by atoms with Gasteiger partial charge in [0.1, 0.15) is 17.7 Å². The Morgan fingerprint density at radius 1 is 1.44 bits per heavy atom. The van der Waals surface area contributed by atoms with Crippen molar-refractivity contribution < 1.29 is 13.9 Å². The lowest BCUT2D eigenvalue weighted by atomic mass is 10.1. The van der Waals surface area contributed by atoms with E-state index in [4.69, 9.17) is 15.2 Å². The van der Waals surface area contributed by atoms with Crippen molar-refractivity contribution in [3.63, 3.8) is 0 Å². The lowest BCUT2D eigenvalue weighted by Gasteiger charge is -2.23. The molecule has 2 rings (SSSR count). The summed E-state index contributed by atoms with van der Waals surface area (Å²) in [5.41, 5.74) is 6.22. The summed E-state index contributed by atoms with van der Waals surface area (Å²) in [5, 5.41) is 0. The van der Waals surface area contributed by atoms with E-state index in [0.29, 0.717) is 18.9 Å². The predicted molar refractivity (Wildman–Crippen MR) is 58.8 cm³/mol. The lowest BCUT2D eigenvalue weighted by molar-refractivity contribution is 0.00728. The van der Waals surface area contributed by atoms with Crippen LogP contribution in [0, 0.1) is 5.82 Å². The van der Waals surface area contributed by atoms with Crippen LogP contribution in [0.25, 0.3) is 0 Å². The highest BCUT2D eigenvalue weighted by Crippen LogP contribution is 2.20. The van der Waals surface area contributed by atoms with E-state index in [9.17, 15) is 4.39 Å². The molecule has 16 heavy (non-hydrogen) atoms. The van der Waals surface area contributed by atoms with Crippen molar-refractivity contribution in [3.8, 4) is 5.75 Å². The van der Waals surface area contributed by atoms with Gasteiger partial charge in [0.2, 0.25) is 0 Å². The molecule has 1 aliphatic rings. The van der Waals surface area contributed by atoms with Crippen LogP contribution in [0.2, 0.25) is 0 Å². The third kappa shape index (κ3) is 2.93. The van der Waals surface area contributed by atoms with Crippen molar-refractivity contribution in [3.05, 3.63) is 29.6 Å². The molecule has 4 heteroatoms. The van der Waals surface area contributed by atoms with E-state index in [1.165, 1.54) is 12.1 Å². The highest BCUT2D eigenvalue weighted by Gasteiger charge is 2.15. The average Bonchev–Trinajstić information content (AvgIpc) is 2.29. The molecule has 0 radical (unpaired) electrons. The van der Waals surface area contributed by atoms with Crippen molar-refractivity contribution in [1.82, 2.24) is 0 Å². The van der Waals surface area contributed by atoms with Crippen LogP contribution >= 0.6 is 0 Å². The van der Waals surface area contributed by atoms with Crippen molar-refractivity contribution in [1.29, 1.82) is 0 Å². The fourth-order valence-corrected chi connectivity index (χ4v) is 1.80. The Hall–Kier alpha value is -1.13. The Labute approximate surface area is 94.3 Å². The molecule has 0 spiro atoms. The quantitative estimate of drug-likeness (QED) is 0.853. The molecule has 1 aliphatic heterocycles. The van der Waals surface area contributed by atoms with Gasteiger partial charge in [-0.25, -0.2) is 4.39 Å². The van der Waals surface area contributed by atoms with Crippen molar-refractivity contribution in [2.24, 2.45) is 5.73 Å². The third-order valence-corrected chi connectivity index (χ3v) is 2.59. The van der Waals surface area contributed by atoms with Crippen molar-refractivity contribution in [2.75, 3.05) is 13.2 Å². The molecule has 1 heterocycles. The number of rotatable bonds is 3. The van der Waals surface area contributed by atoms with Crippen LogP contribution in [0.15, 0.2) is 18.2 Å². The maximum atomic E-state index is 13.2. The maximum Gasteiger partial charge on any atom is 0.127 e. The molecule has 1 saturated heterocycles. The van der Waals surface area contributed by atoms with E-state index in [2.05, 4.69) is 0 Å². The highest BCUT2D eigenvalue weighted by molar-refractivity contribution is 5.29. The molecule has 0 aliphatic carbocycles. The topological polar surface area (TPSA) is 44.5 Å². The van der Waals surface area contributed by atoms with Gasteiger partial charge in [0.15, 0.2) is 0 Å². The van der Waals surface area contributed by atoms with Crippen molar-refractivity contribution in [2.45, 2.75) is 25.5 Å². The van der Waals surface area contributed by atoms with Gasteiger partial charge in [-0.2, -0.15) is 0 Å². The molecule has 2 N–H and O–H groups in total. The molecule has 0 saturated carbocycles. The number of nitrogens with two attached hydrogens (primary N) is 1. The number of benzene rings is 1. The Balaban J connectivity index is 2.04. The van der Waals surface area contributed by atoms with E-state index in [-0.39, 0.29) is 11.9 Å². The molecule has 1 aromatic rings. The Morgan fingerprint density at radius 2 is 2.31 bits per heavy atom. The summed E-state index contributed by atoms with van der Waals surface area (Å²) in [5.74, 6) is 0.227. The number of hydrogen-bond acceptors (Lipinski definition) is 3. The van der Waals surface area contributed by atoms with Gasteiger partial charge in [0, 0.05) is 19.2 Å². The van der Waals surface area contributed by atoms with Gasteiger partial charge in [-0.3, -0.25) is 0 Å². The Kier molecular flexibility index (Phi) is 3.74. The zero-order valence-electron chi connectivity index (χ0n) is 9.12. The average molecular weight is 225 g/mol. The van der Waals surface area contributed by atoms with E-state index in [0.717, 1.165) is 25.0 Å². The van der Waals surface area contributed by atoms with Gasteiger partial charge in [-0.1, -0.05) is 0 Å². The Morgan fingerprint density at radius 3 is 3.00 bits per heavy atom. The molecule has 88 valence electrons. The monoisotopic (exact) mass is 225 g/mol. The van der Waals surface area contributed by atoms with E-state index < -0.39 is 0 Å². The van der Waals surface area contributed by atoms with Gasteiger partial charge in [-0.05, 0) is 30.5 Å². The molecule has 1 atom stereocenters. The molecule has 1 aromatic carbocycles. The van der Waals surface area contributed by atoms with E-state index in [1.54, 1.807) is 6.07 Å². The molecular weight excluding hydrogens is 209 g/mol. The van der Waals surface area contributed by atoms with Crippen molar-refractivity contribution >= 4 is 0 Å². The molecule has 0 aromatic heterocycles. The normalized spacial score (nSPS) is 20.8. The minimum Gasteiger partial charge on any atom is -0.488 e. The van der Waals surface area contributed by atoms with Gasteiger partial charge < -0.3 is 15.2 Å². The minimum absolute atomic E-state index is 0.0289. The predicted octanol–water partition coefficient (Wildman–Crippen LogP) is 1.84. The van der Waals surface area contributed by atoms with Crippen LogP contribution in [0.1, 0.15) is 18.4 Å². The first-order valence-corrected chi connectivity index (χ1v) is 5.52. The minimum atomic E-state index is -0.310. The van der Waals surface area contributed by atoms with Crippen LogP contribution in [0.4, 0.5) is 4.39 Å². The van der Waals surface area contributed by atoms with Crippen LogP contribution in [-0.4, -0.2) is 19.3 Å². The fourth-order valence-electron chi connectivity index (χ4n) is 1.80. The van der Waals surface area contributed by atoms with Gasteiger partial charge in [0.25, 0.3) is 0 Å². The second-order valence-corrected chi connectivity index (χ2v) is 3.96. The SMILES string of the molecule is NCc1cc(F)cc(OC2CCCOC2)c1. The van der Waals surface area contributed by atoms with Crippen LogP contribution in [-0.2, 0) is 11.3 Å². The largest absolute Gasteiger partial charge is 0.488 e. The zero-order valence-corrected chi connectivity index (χ0v) is 9.12. The summed E-state index contributed by atoms with van der Waals surface area (Å²) < 4.78 is 24.2.